The second-order valence-corrected chi connectivity index (χ2v) is 6.44. The van der Waals surface area contributed by atoms with Gasteiger partial charge in [-0.3, -0.25) is 9.69 Å². The lowest BCUT2D eigenvalue weighted by molar-refractivity contribution is 0.0364. The van der Waals surface area contributed by atoms with E-state index in [1.807, 2.05) is 37.3 Å². The summed E-state index contributed by atoms with van der Waals surface area (Å²) in [4.78, 5) is 14.1. The predicted molar refractivity (Wildman–Crippen MR) is 95.4 cm³/mol. The maximum atomic E-state index is 11.7. The molecule has 128 valence electrons. The highest BCUT2D eigenvalue weighted by molar-refractivity contribution is 6.30. The van der Waals surface area contributed by atoms with Crippen LogP contribution in [-0.2, 0) is 11.3 Å². The topological polar surface area (TPSA) is 60.5 Å². The smallest absolute Gasteiger partial charge is 0.250 e. The highest BCUT2D eigenvalue weighted by Gasteiger charge is 2.18. The summed E-state index contributed by atoms with van der Waals surface area (Å²) in [6.45, 7) is 7.11. The molecule has 1 fully saturated rings. The van der Waals surface area contributed by atoms with Crippen molar-refractivity contribution in [1.82, 2.24) is 9.47 Å². The number of primary amides is 1. The van der Waals surface area contributed by atoms with Crippen LogP contribution in [0, 0.1) is 6.92 Å². The molecule has 0 aliphatic carbocycles. The number of hydrogen-bond donors (Lipinski definition) is 1. The van der Waals surface area contributed by atoms with Crippen molar-refractivity contribution in [1.29, 1.82) is 0 Å². The summed E-state index contributed by atoms with van der Waals surface area (Å²) < 4.78 is 7.56. The Morgan fingerprint density at radius 3 is 2.50 bits per heavy atom. The van der Waals surface area contributed by atoms with Gasteiger partial charge in [0.25, 0.3) is 5.91 Å². The first-order chi connectivity index (χ1) is 11.6. The van der Waals surface area contributed by atoms with Gasteiger partial charge in [-0.25, -0.2) is 0 Å². The SMILES string of the molecule is Cc1c(C(N)=O)cc(-c2ccc(Cl)cc2)n1CCN1CCOCC1. The monoisotopic (exact) mass is 347 g/mol. The quantitative estimate of drug-likeness (QED) is 0.904. The van der Waals surface area contributed by atoms with Gasteiger partial charge in [0.1, 0.15) is 0 Å². The normalized spacial score (nSPS) is 15.6. The van der Waals surface area contributed by atoms with Gasteiger partial charge in [-0.05, 0) is 30.7 Å². The molecule has 2 heterocycles. The van der Waals surface area contributed by atoms with Crippen LogP contribution in [0.1, 0.15) is 16.1 Å². The van der Waals surface area contributed by atoms with Gasteiger partial charge in [-0.2, -0.15) is 0 Å². The summed E-state index contributed by atoms with van der Waals surface area (Å²) in [6.07, 6.45) is 0. The van der Waals surface area contributed by atoms with Crippen molar-refractivity contribution in [3.63, 3.8) is 0 Å². The van der Waals surface area contributed by atoms with E-state index in [4.69, 9.17) is 22.1 Å². The van der Waals surface area contributed by atoms with Crippen LogP contribution in [0.5, 0.6) is 0 Å². The molecule has 0 radical (unpaired) electrons. The van der Waals surface area contributed by atoms with Crippen LogP contribution in [0.4, 0.5) is 0 Å². The minimum atomic E-state index is -0.396. The second-order valence-electron chi connectivity index (χ2n) is 6.01. The van der Waals surface area contributed by atoms with Crippen molar-refractivity contribution < 1.29 is 9.53 Å². The van der Waals surface area contributed by atoms with Crippen LogP contribution in [0.15, 0.2) is 30.3 Å². The average Bonchev–Trinajstić information content (AvgIpc) is 2.91. The standard InChI is InChI=1S/C18H22ClN3O2/c1-13-16(18(20)23)12-17(14-2-4-15(19)5-3-14)22(13)7-6-21-8-10-24-11-9-21/h2-5,12H,6-11H2,1H3,(H2,20,23). The third-order valence-corrected chi connectivity index (χ3v) is 4.77. The molecule has 0 atom stereocenters. The van der Waals surface area contributed by atoms with Gasteiger partial charge in [-0.1, -0.05) is 23.7 Å². The summed E-state index contributed by atoms with van der Waals surface area (Å²) in [5.41, 5.74) is 9.03. The Morgan fingerprint density at radius 1 is 1.21 bits per heavy atom. The Balaban J connectivity index is 1.90. The molecule has 1 aliphatic heterocycles. The predicted octanol–water partition coefficient (Wildman–Crippen LogP) is 2.55. The van der Waals surface area contributed by atoms with E-state index >= 15 is 0 Å². The molecule has 2 N–H and O–H groups in total. The zero-order valence-corrected chi connectivity index (χ0v) is 14.6. The van der Waals surface area contributed by atoms with E-state index < -0.39 is 5.91 Å². The van der Waals surface area contributed by atoms with Gasteiger partial charge in [0, 0.05) is 42.6 Å². The molecule has 1 aromatic carbocycles. The Hall–Kier alpha value is -1.82. The Bertz CT molecular complexity index is 719. The number of hydrogen-bond acceptors (Lipinski definition) is 3. The molecule has 1 amide bonds. The molecule has 1 aliphatic rings. The van der Waals surface area contributed by atoms with Gasteiger partial charge in [0.05, 0.1) is 18.8 Å². The van der Waals surface area contributed by atoms with Gasteiger partial charge in [0.15, 0.2) is 0 Å². The molecule has 1 aromatic heterocycles. The van der Waals surface area contributed by atoms with E-state index in [0.717, 1.165) is 56.3 Å². The van der Waals surface area contributed by atoms with Gasteiger partial charge >= 0.3 is 0 Å². The summed E-state index contributed by atoms with van der Waals surface area (Å²) in [5.74, 6) is -0.396. The van der Waals surface area contributed by atoms with Crippen molar-refractivity contribution in [2.75, 3.05) is 32.8 Å². The van der Waals surface area contributed by atoms with Gasteiger partial charge in [0.2, 0.25) is 0 Å². The summed E-state index contributed by atoms with van der Waals surface area (Å²) in [5, 5.41) is 0.692. The van der Waals surface area contributed by atoms with E-state index in [0.29, 0.717) is 10.6 Å². The highest BCUT2D eigenvalue weighted by atomic mass is 35.5. The molecule has 0 saturated carbocycles. The first-order valence-electron chi connectivity index (χ1n) is 8.12. The van der Waals surface area contributed by atoms with Crippen molar-refractivity contribution in [2.24, 2.45) is 5.73 Å². The molecule has 0 unspecified atom stereocenters. The number of ether oxygens (including phenoxy) is 1. The molecule has 6 heteroatoms. The highest BCUT2D eigenvalue weighted by Crippen LogP contribution is 2.27. The fraction of sp³-hybridized carbons (Fsp3) is 0.389. The fourth-order valence-electron chi connectivity index (χ4n) is 3.11. The fourth-order valence-corrected chi connectivity index (χ4v) is 3.23. The molecule has 0 bridgehead atoms. The number of rotatable bonds is 5. The Labute approximate surface area is 146 Å². The number of amides is 1. The number of carbonyl (C=O) groups is 1. The minimum Gasteiger partial charge on any atom is -0.379 e. The largest absolute Gasteiger partial charge is 0.379 e. The van der Waals surface area contributed by atoms with Crippen LogP contribution in [-0.4, -0.2) is 48.2 Å². The van der Waals surface area contributed by atoms with Gasteiger partial charge < -0.3 is 15.0 Å². The number of halogens is 1. The Morgan fingerprint density at radius 2 is 1.88 bits per heavy atom. The molecule has 1 saturated heterocycles. The van der Waals surface area contributed by atoms with Crippen molar-refractivity contribution in [3.8, 4) is 11.3 Å². The zero-order valence-electron chi connectivity index (χ0n) is 13.8. The average molecular weight is 348 g/mol. The molecular formula is C18H22ClN3O2. The molecular weight excluding hydrogens is 326 g/mol. The van der Waals surface area contributed by atoms with Gasteiger partial charge in [-0.15, -0.1) is 0 Å². The van der Waals surface area contributed by atoms with E-state index in [1.54, 1.807) is 0 Å². The second kappa shape index (κ2) is 7.38. The van der Waals surface area contributed by atoms with Crippen molar-refractivity contribution in [2.45, 2.75) is 13.5 Å². The van der Waals surface area contributed by atoms with E-state index in [-0.39, 0.29) is 0 Å². The molecule has 5 nitrogen and oxygen atoms in total. The van der Waals surface area contributed by atoms with E-state index in [1.165, 1.54) is 0 Å². The minimum absolute atomic E-state index is 0.396. The third kappa shape index (κ3) is 3.64. The summed E-state index contributed by atoms with van der Waals surface area (Å²) in [6, 6.07) is 9.52. The number of carbonyl (C=O) groups excluding carboxylic acids is 1. The van der Waals surface area contributed by atoms with Crippen LogP contribution in [0.25, 0.3) is 11.3 Å². The summed E-state index contributed by atoms with van der Waals surface area (Å²) >= 11 is 5.99. The lowest BCUT2D eigenvalue weighted by Gasteiger charge is -2.27. The first kappa shape index (κ1) is 17.0. The van der Waals surface area contributed by atoms with Crippen LogP contribution >= 0.6 is 11.6 Å². The zero-order chi connectivity index (χ0) is 17.1. The maximum Gasteiger partial charge on any atom is 0.250 e. The number of morpholine rings is 1. The lowest BCUT2D eigenvalue weighted by Crippen LogP contribution is -2.38. The Kier molecular flexibility index (Phi) is 5.23. The van der Waals surface area contributed by atoms with Crippen LogP contribution in [0.2, 0.25) is 5.02 Å². The summed E-state index contributed by atoms with van der Waals surface area (Å²) in [7, 11) is 0. The molecule has 24 heavy (non-hydrogen) atoms. The van der Waals surface area contributed by atoms with Crippen molar-refractivity contribution in [3.05, 3.63) is 46.6 Å². The van der Waals surface area contributed by atoms with Crippen molar-refractivity contribution >= 4 is 17.5 Å². The number of nitrogens with two attached hydrogens (primary N) is 1. The molecule has 2 aromatic rings. The lowest BCUT2D eigenvalue weighted by atomic mass is 10.1. The molecule has 3 rings (SSSR count). The molecule has 0 spiro atoms. The first-order valence-corrected chi connectivity index (χ1v) is 8.50. The van der Waals surface area contributed by atoms with Crippen LogP contribution < -0.4 is 5.73 Å². The van der Waals surface area contributed by atoms with E-state index in [9.17, 15) is 4.79 Å². The van der Waals surface area contributed by atoms with Crippen LogP contribution in [0.3, 0.4) is 0 Å². The number of nitrogens with zero attached hydrogens (tertiary/aromatic N) is 2. The van der Waals surface area contributed by atoms with E-state index in [2.05, 4.69) is 9.47 Å². The number of benzene rings is 1. The third-order valence-electron chi connectivity index (χ3n) is 4.52. The number of aromatic nitrogens is 1. The maximum absolute atomic E-state index is 11.7.